The molecule has 1 atom stereocenters. The highest BCUT2D eigenvalue weighted by Gasteiger charge is 2.52. The van der Waals surface area contributed by atoms with Crippen molar-refractivity contribution in [2.75, 3.05) is 11.4 Å². The minimum atomic E-state index is -0.457. The van der Waals surface area contributed by atoms with E-state index in [-0.39, 0.29) is 5.91 Å². The van der Waals surface area contributed by atoms with Gasteiger partial charge in [0.15, 0.2) is 0 Å². The van der Waals surface area contributed by atoms with Crippen molar-refractivity contribution in [2.45, 2.75) is 12.5 Å². The van der Waals surface area contributed by atoms with Gasteiger partial charge in [-0.2, -0.15) is 0 Å². The third-order valence-corrected chi connectivity index (χ3v) is 2.56. The summed E-state index contributed by atoms with van der Waals surface area (Å²) in [5.74, 6) is -0.253. The van der Waals surface area contributed by atoms with Crippen molar-refractivity contribution in [3.63, 3.8) is 0 Å². The average Bonchev–Trinajstić information content (AvgIpc) is 2.81. The minimum Gasteiger partial charge on any atom is -0.368 e. The quantitative estimate of drug-likeness (QED) is 0.676. The molecule has 1 amide bonds. The molecule has 1 aromatic carbocycles. The third kappa shape index (κ3) is 1.16. The van der Waals surface area contributed by atoms with Crippen LogP contribution >= 0.6 is 0 Å². The Morgan fingerprint density at radius 3 is 2.54 bits per heavy atom. The summed E-state index contributed by atoms with van der Waals surface area (Å²) in [6, 6.07) is 9.82. The van der Waals surface area contributed by atoms with Crippen molar-refractivity contribution in [3.05, 3.63) is 30.3 Å². The summed E-state index contributed by atoms with van der Waals surface area (Å²) in [4.78, 5) is 13.0. The lowest BCUT2D eigenvalue weighted by Gasteiger charge is -2.09. The van der Waals surface area contributed by atoms with Gasteiger partial charge in [-0.25, -0.2) is 0 Å². The van der Waals surface area contributed by atoms with E-state index in [1.807, 2.05) is 42.2 Å². The molecule has 68 valence electrons. The molecule has 2 rings (SSSR count). The van der Waals surface area contributed by atoms with Crippen molar-refractivity contribution >= 4 is 11.6 Å². The Bertz CT molecular complexity index is 336. The number of nitrogens with two attached hydrogens (primary N) is 1. The molecule has 0 saturated carbocycles. The van der Waals surface area contributed by atoms with Crippen LogP contribution in [0.4, 0.5) is 5.69 Å². The second-order valence-electron chi connectivity index (χ2n) is 3.56. The number of hydrogen-bond donors (Lipinski definition) is 1. The first-order valence-electron chi connectivity index (χ1n) is 4.27. The van der Waals surface area contributed by atoms with Crippen LogP contribution in [0.2, 0.25) is 0 Å². The number of hydrogen-bond acceptors (Lipinski definition) is 2. The van der Waals surface area contributed by atoms with Crippen LogP contribution in [0.15, 0.2) is 30.3 Å². The van der Waals surface area contributed by atoms with Gasteiger partial charge < -0.3 is 10.6 Å². The number of anilines is 1. The van der Waals surface area contributed by atoms with Crippen LogP contribution in [-0.4, -0.2) is 18.0 Å². The zero-order valence-corrected chi connectivity index (χ0v) is 7.53. The van der Waals surface area contributed by atoms with Crippen LogP contribution in [0.5, 0.6) is 0 Å². The van der Waals surface area contributed by atoms with E-state index in [1.54, 1.807) is 0 Å². The molecule has 1 unspecified atom stereocenters. The summed E-state index contributed by atoms with van der Waals surface area (Å²) in [5, 5.41) is 0. The largest absolute Gasteiger partial charge is 0.368 e. The predicted molar refractivity (Wildman–Crippen MR) is 51.4 cm³/mol. The highest BCUT2D eigenvalue weighted by Crippen LogP contribution is 2.36. The molecule has 0 radical (unpaired) electrons. The van der Waals surface area contributed by atoms with E-state index in [4.69, 9.17) is 5.73 Å². The van der Waals surface area contributed by atoms with Gasteiger partial charge in [-0.15, -0.1) is 0 Å². The number of rotatable bonds is 2. The normalized spacial score (nSPS) is 25.8. The van der Waals surface area contributed by atoms with Crippen LogP contribution in [0.1, 0.15) is 6.92 Å². The molecule has 13 heavy (non-hydrogen) atoms. The summed E-state index contributed by atoms with van der Waals surface area (Å²) < 4.78 is 0. The molecule has 0 bridgehead atoms. The van der Waals surface area contributed by atoms with Gasteiger partial charge >= 0.3 is 0 Å². The summed E-state index contributed by atoms with van der Waals surface area (Å²) in [5.41, 5.74) is 5.88. The highest BCUT2D eigenvalue weighted by atomic mass is 16.2. The van der Waals surface area contributed by atoms with E-state index in [0.29, 0.717) is 0 Å². The van der Waals surface area contributed by atoms with Gasteiger partial charge in [0.25, 0.3) is 0 Å². The van der Waals surface area contributed by atoms with Crippen LogP contribution in [-0.2, 0) is 4.79 Å². The molecule has 0 spiro atoms. The second-order valence-corrected chi connectivity index (χ2v) is 3.56. The first-order chi connectivity index (χ1) is 6.14. The van der Waals surface area contributed by atoms with E-state index in [9.17, 15) is 4.79 Å². The molecular weight excluding hydrogens is 164 g/mol. The number of primary amides is 1. The Morgan fingerprint density at radius 2 is 2.08 bits per heavy atom. The monoisotopic (exact) mass is 176 g/mol. The first-order valence-corrected chi connectivity index (χ1v) is 4.27. The molecule has 2 N–H and O–H groups in total. The average molecular weight is 176 g/mol. The van der Waals surface area contributed by atoms with E-state index in [1.165, 1.54) is 0 Å². The van der Waals surface area contributed by atoms with Crippen molar-refractivity contribution in [3.8, 4) is 0 Å². The highest BCUT2D eigenvalue weighted by molar-refractivity contribution is 5.94. The van der Waals surface area contributed by atoms with Gasteiger partial charge in [0.2, 0.25) is 5.91 Å². The maximum absolute atomic E-state index is 11.0. The molecule has 0 aliphatic carbocycles. The fraction of sp³-hybridized carbons (Fsp3) is 0.300. The van der Waals surface area contributed by atoms with Gasteiger partial charge in [-0.3, -0.25) is 4.79 Å². The standard InChI is InChI=1S/C10H12N2O/c1-10(9(11)13)7-12(10)8-5-3-2-4-6-8/h2-6H,7H2,1H3,(H2,11,13). The van der Waals surface area contributed by atoms with Gasteiger partial charge in [0, 0.05) is 5.69 Å². The third-order valence-electron chi connectivity index (χ3n) is 2.56. The van der Waals surface area contributed by atoms with Gasteiger partial charge in [-0.05, 0) is 19.1 Å². The smallest absolute Gasteiger partial charge is 0.244 e. The van der Waals surface area contributed by atoms with Gasteiger partial charge in [0.05, 0.1) is 6.54 Å². The van der Waals surface area contributed by atoms with Crippen LogP contribution in [0.25, 0.3) is 0 Å². The topological polar surface area (TPSA) is 46.1 Å². The Labute approximate surface area is 77.1 Å². The second kappa shape index (κ2) is 2.49. The minimum absolute atomic E-state index is 0.253. The molecule has 1 aliphatic rings. The number of nitrogens with zero attached hydrogens (tertiary/aromatic N) is 1. The number of carbonyl (C=O) groups is 1. The molecule has 1 aliphatic heterocycles. The SMILES string of the molecule is CC1(C(N)=O)CN1c1ccccc1. The van der Waals surface area contributed by atoms with Crippen molar-refractivity contribution in [1.29, 1.82) is 0 Å². The van der Waals surface area contributed by atoms with Crippen LogP contribution in [0.3, 0.4) is 0 Å². The van der Waals surface area contributed by atoms with E-state index in [2.05, 4.69) is 0 Å². The lowest BCUT2D eigenvalue weighted by Crippen LogP contribution is -2.33. The number of carbonyl (C=O) groups excluding carboxylic acids is 1. The van der Waals surface area contributed by atoms with Crippen LogP contribution in [0, 0.1) is 0 Å². The van der Waals surface area contributed by atoms with Crippen LogP contribution < -0.4 is 10.6 Å². The lowest BCUT2D eigenvalue weighted by molar-refractivity contribution is -0.119. The Hall–Kier alpha value is -1.51. The number of para-hydroxylation sites is 1. The Morgan fingerprint density at radius 1 is 1.46 bits per heavy atom. The maximum atomic E-state index is 11.0. The Balaban J connectivity index is 2.21. The summed E-state index contributed by atoms with van der Waals surface area (Å²) >= 11 is 0. The molecule has 3 nitrogen and oxygen atoms in total. The molecule has 1 saturated heterocycles. The molecule has 0 aromatic heterocycles. The zero-order chi connectivity index (χ0) is 9.47. The fourth-order valence-electron chi connectivity index (χ4n) is 1.47. The molecular formula is C10H12N2O. The van der Waals surface area contributed by atoms with E-state index >= 15 is 0 Å². The summed E-state index contributed by atoms with van der Waals surface area (Å²) in [7, 11) is 0. The first kappa shape index (κ1) is 8.10. The van der Waals surface area contributed by atoms with E-state index in [0.717, 1.165) is 12.2 Å². The lowest BCUT2D eigenvalue weighted by atomic mass is 10.2. The van der Waals surface area contributed by atoms with Crippen molar-refractivity contribution < 1.29 is 4.79 Å². The van der Waals surface area contributed by atoms with E-state index < -0.39 is 5.54 Å². The summed E-state index contributed by atoms with van der Waals surface area (Å²) in [6.07, 6.45) is 0. The molecule has 1 aromatic rings. The molecule has 1 heterocycles. The fourth-order valence-corrected chi connectivity index (χ4v) is 1.47. The van der Waals surface area contributed by atoms with Crippen molar-refractivity contribution in [1.82, 2.24) is 0 Å². The van der Waals surface area contributed by atoms with Crippen molar-refractivity contribution in [2.24, 2.45) is 5.73 Å². The van der Waals surface area contributed by atoms with Gasteiger partial charge in [-0.1, -0.05) is 18.2 Å². The number of benzene rings is 1. The molecule has 1 fully saturated rings. The predicted octanol–water partition coefficient (Wildman–Crippen LogP) is 0.751. The molecule has 3 heteroatoms. The van der Waals surface area contributed by atoms with Gasteiger partial charge in [0.1, 0.15) is 5.54 Å². The number of amides is 1. The zero-order valence-electron chi connectivity index (χ0n) is 7.53. The maximum Gasteiger partial charge on any atom is 0.244 e. The summed E-state index contributed by atoms with van der Waals surface area (Å²) in [6.45, 7) is 2.59. The Kier molecular flexibility index (Phi) is 1.55.